The summed E-state index contributed by atoms with van der Waals surface area (Å²) in [5.74, 6) is -0.649. The molecule has 172 valence electrons. The van der Waals surface area contributed by atoms with Gasteiger partial charge < -0.3 is 14.4 Å². The normalized spacial score (nSPS) is 27.0. The number of carbonyl (C=O) groups is 2. The van der Waals surface area contributed by atoms with Crippen LogP contribution >= 0.6 is 11.3 Å². The van der Waals surface area contributed by atoms with E-state index in [-0.39, 0.29) is 37.3 Å². The van der Waals surface area contributed by atoms with Crippen molar-refractivity contribution in [3.05, 3.63) is 34.3 Å². The van der Waals surface area contributed by atoms with E-state index in [0.29, 0.717) is 26.1 Å². The van der Waals surface area contributed by atoms with Gasteiger partial charge in [0.2, 0.25) is 5.91 Å². The quantitative estimate of drug-likeness (QED) is 0.687. The second-order valence-corrected chi connectivity index (χ2v) is 10.9. The Morgan fingerprint density at radius 2 is 2.12 bits per heavy atom. The van der Waals surface area contributed by atoms with Crippen LogP contribution < -0.4 is 0 Å². The first-order chi connectivity index (χ1) is 15.2. The van der Waals surface area contributed by atoms with E-state index in [4.69, 9.17) is 0 Å². The number of halogens is 1. The summed E-state index contributed by atoms with van der Waals surface area (Å²) in [5, 5.41) is 2.97. The molecule has 2 amide bonds. The lowest BCUT2D eigenvalue weighted by Gasteiger charge is -2.35. The number of aryl methyl sites for hydroxylation is 1. The van der Waals surface area contributed by atoms with Crippen molar-refractivity contribution in [2.45, 2.75) is 70.6 Å². The summed E-state index contributed by atoms with van der Waals surface area (Å²) in [6.07, 6.45) is 5.71. The van der Waals surface area contributed by atoms with Crippen LogP contribution in [0.25, 0.3) is 0 Å². The molecule has 1 aliphatic carbocycles. The van der Waals surface area contributed by atoms with Gasteiger partial charge in [0.1, 0.15) is 0 Å². The van der Waals surface area contributed by atoms with E-state index in [0.717, 1.165) is 22.8 Å². The molecule has 5 rings (SSSR count). The number of likely N-dealkylation sites (tertiary alicyclic amines) is 2. The van der Waals surface area contributed by atoms with Gasteiger partial charge in [-0.15, -0.1) is 11.3 Å². The molecule has 0 bridgehead atoms. The van der Waals surface area contributed by atoms with Crippen LogP contribution in [0.1, 0.15) is 67.9 Å². The number of imidazole rings is 1. The molecule has 1 saturated carbocycles. The van der Waals surface area contributed by atoms with Gasteiger partial charge in [0.25, 0.3) is 5.91 Å². The van der Waals surface area contributed by atoms with Gasteiger partial charge in [-0.2, -0.15) is 0 Å². The minimum atomic E-state index is -1.76. The van der Waals surface area contributed by atoms with E-state index in [1.165, 1.54) is 0 Å². The van der Waals surface area contributed by atoms with E-state index >= 15 is 4.39 Å². The average molecular weight is 460 g/mol. The molecule has 2 aromatic rings. The number of hydrogen-bond donors (Lipinski definition) is 0. The molecule has 3 aliphatic rings. The zero-order chi connectivity index (χ0) is 22.7. The van der Waals surface area contributed by atoms with Gasteiger partial charge >= 0.3 is 0 Å². The van der Waals surface area contributed by atoms with Crippen molar-refractivity contribution < 1.29 is 14.0 Å². The second-order valence-electron chi connectivity index (χ2n) is 9.89. The van der Waals surface area contributed by atoms with Crippen LogP contribution in [0.2, 0.25) is 0 Å². The molecule has 2 atom stereocenters. The monoisotopic (exact) mass is 459 g/mol. The van der Waals surface area contributed by atoms with Gasteiger partial charge in [-0.3, -0.25) is 9.59 Å². The van der Waals surface area contributed by atoms with Crippen LogP contribution in [0.5, 0.6) is 0 Å². The molecule has 1 spiro atoms. The third-order valence-corrected chi connectivity index (χ3v) is 8.32. The van der Waals surface area contributed by atoms with Crippen molar-refractivity contribution in [2.24, 2.45) is 5.41 Å². The van der Waals surface area contributed by atoms with Crippen LogP contribution in [0.15, 0.2) is 17.9 Å². The molecule has 4 heterocycles. The molecule has 0 aromatic carbocycles. The lowest BCUT2D eigenvalue weighted by atomic mass is 9.75. The maximum absolute atomic E-state index is 15.0. The van der Waals surface area contributed by atoms with Gasteiger partial charge in [0.15, 0.2) is 5.67 Å². The maximum atomic E-state index is 15.0. The smallest absolute Gasteiger partial charge is 0.260 e. The Morgan fingerprint density at radius 1 is 1.34 bits per heavy atom. The summed E-state index contributed by atoms with van der Waals surface area (Å²) in [6, 6.07) is 0.249. The number of carbonyl (C=O) groups excluding carboxylic acids is 2. The molecule has 0 unspecified atom stereocenters. The molecular weight excluding hydrogens is 429 g/mol. The number of amides is 2. The molecule has 0 radical (unpaired) electrons. The Bertz CT molecular complexity index is 1040. The van der Waals surface area contributed by atoms with E-state index in [9.17, 15) is 9.59 Å². The highest BCUT2D eigenvalue weighted by Gasteiger charge is 2.60. The van der Waals surface area contributed by atoms with Crippen molar-refractivity contribution in [2.75, 3.05) is 19.6 Å². The molecule has 2 saturated heterocycles. The largest absolute Gasteiger partial charge is 0.338 e. The summed E-state index contributed by atoms with van der Waals surface area (Å²) >= 11 is 1.58. The lowest BCUT2D eigenvalue weighted by Crippen LogP contribution is -2.50. The summed E-state index contributed by atoms with van der Waals surface area (Å²) < 4.78 is 17.0. The Labute approximate surface area is 191 Å². The summed E-state index contributed by atoms with van der Waals surface area (Å²) in [4.78, 5) is 39.4. The SMILES string of the molecule is Cc1nc(CN2CC[C@@]3(CN(C(=O)C4(F)CCC4)C[C@@H]3c3cn(C(C)C)cn3)C2=O)cs1. The fraction of sp³-hybridized carbons (Fsp3) is 0.652. The van der Waals surface area contributed by atoms with Crippen LogP contribution in [0.4, 0.5) is 4.39 Å². The summed E-state index contributed by atoms with van der Waals surface area (Å²) in [7, 11) is 0. The first-order valence-corrected chi connectivity index (χ1v) is 12.3. The van der Waals surface area contributed by atoms with E-state index in [2.05, 4.69) is 23.8 Å². The zero-order valence-corrected chi connectivity index (χ0v) is 19.7. The summed E-state index contributed by atoms with van der Waals surface area (Å²) in [5.41, 5.74) is -0.805. The summed E-state index contributed by atoms with van der Waals surface area (Å²) in [6.45, 7) is 7.80. The minimum Gasteiger partial charge on any atom is -0.338 e. The van der Waals surface area contributed by atoms with Gasteiger partial charge in [0.05, 0.1) is 34.7 Å². The van der Waals surface area contributed by atoms with E-state index < -0.39 is 17.0 Å². The van der Waals surface area contributed by atoms with Crippen LogP contribution in [0.3, 0.4) is 0 Å². The zero-order valence-electron chi connectivity index (χ0n) is 18.9. The average Bonchev–Trinajstić information content (AvgIpc) is 3.50. The van der Waals surface area contributed by atoms with Crippen molar-refractivity contribution in [1.29, 1.82) is 0 Å². The van der Waals surface area contributed by atoms with E-state index in [1.54, 1.807) is 22.6 Å². The number of rotatable bonds is 5. The topological polar surface area (TPSA) is 71.3 Å². The lowest BCUT2D eigenvalue weighted by molar-refractivity contribution is -0.149. The van der Waals surface area contributed by atoms with Crippen molar-refractivity contribution in [1.82, 2.24) is 24.3 Å². The molecule has 2 aromatic heterocycles. The van der Waals surface area contributed by atoms with Crippen molar-refractivity contribution in [3.8, 4) is 0 Å². The Hall–Kier alpha value is -2.29. The first-order valence-electron chi connectivity index (χ1n) is 11.4. The molecule has 2 aliphatic heterocycles. The number of alkyl halides is 1. The van der Waals surface area contributed by atoms with Crippen molar-refractivity contribution in [3.63, 3.8) is 0 Å². The molecule has 3 fully saturated rings. The highest BCUT2D eigenvalue weighted by atomic mass is 32.1. The predicted molar refractivity (Wildman–Crippen MR) is 119 cm³/mol. The number of aromatic nitrogens is 3. The van der Waals surface area contributed by atoms with Gasteiger partial charge in [-0.25, -0.2) is 14.4 Å². The Morgan fingerprint density at radius 3 is 2.72 bits per heavy atom. The maximum Gasteiger partial charge on any atom is 0.260 e. The van der Waals surface area contributed by atoms with Crippen LogP contribution in [-0.4, -0.2) is 61.5 Å². The highest BCUT2D eigenvalue weighted by Crippen LogP contribution is 2.51. The van der Waals surface area contributed by atoms with Gasteiger partial charge in [0, 0.05) is 43.2 Å². The third-order valence-electron chi connectivity index (χ3n) is 7.49. The Kier molecular flexibility index (Phi) is 5.15. The first kappa shape index (κ1) is 21.6. The predicted octanol–water partition coefficient (Wildman–Crippen LogP) is 3.47. The van der Waals surface area contributed by atoms with Crippen LogP contribution in [-0.2, 0) is 16.1 Å². The van der Waals surface area contributed by atoms with Gasteiger partial charge in [-0.1, -0.05) is 0 Å². The van der Waals surface area contributed by atoms with E-state index in [1.807, 2.05) is 28.0 Å². The fourth-order valence-electron chi connectivity index (χ4n) is 5.40. The fourth-order valence-corrected chi connectivity index (χ4v) is 6.00. The Balaban J connectivity index is 1.45. The molecule has 0 N–H and O–H groups in total. The standard InChI is InChI=1S/C23H30FN5O2S/c1-15(2)29-11-19(25-14-29)18-10-28(21(31)23(24)5-4-6-23)13-22(18)7-8-27(20(22)30)9-17-12-32-16(3)26-17/h11-12,14-15,18H,4-10,13H2,1-3H3/t18-,22+/m1/s1. The number of nitrogens with zero attached hydrogens (tertiary/aromatic N) is 5. The van der Waals surface area contributed by atoms with Crippen LogP contribution in [0, 0.1) is 12.3 Å². The molecule has 9 heteroatoms. The minimum absolute atomic E-state index is 0.0315. The van der Waals surface area contributed by atoms with Gasteiger partial charge in [-0.05, 0) is 46.5 Å². The third kappa shape index (κ3) is 3.36. The second kappa shape index (κ2) is 7.64. The van der Waals surface area contributed by atoms with Crippen molar-refractivity contribution >= 4 is 23.2 Å². The number of thiazole rings is 1. The number of hydrogen-bond acceptors (Lipinski definition) is 5. The highest BCUT2D eigenvalue weighted by molar-refractivity contribution is 7.09. The molecule has 7 nitrogen and oxygen atoms in total. The molecule has 32 heavy (non-hydrogen) atoms. The molecular formula is C23H30FN5O2S.